The predicted octanol–water partition coefficient (Wildman–Crippen LogP) is 2.63. The third-order valence-corrected chi connectivity index (χ3v) is 2.57. The molecule has 0 saturated carbocycles. The van der Waals surface area contributed by atoms with Crippen LogP contribution in [0.15, 0.2) is 30.0 Å². The van der Waals surface area contributed by atoms with Gasteiger partial charge in [-0.2, -0.15) is 0 Å². The lowest BCUT2D eigenvalue weighted by Crippen LogP contribution is -2.30. The first-order chi connectivity index (χ1) is 7.22. The van der Waals surface area contributed by atoms with Gasteiger partial charge in [0.1, 0.15) is 0 Å². The Hall–Kier alpha value is -1.77. The standard InChI is InChI=1S/C12H13NO2/c1-9-7-10-5-3-4-6-11(10)8-13(9)12(14)15-2/h3-7H,8H2,1-2H3. The molecule has 78 valence electrons. The van der Waals surface area contributed by atoms with Gasteiger partial charge in [-0.15, -0.1) is 0 Å². The summed E-state index contributed by atoms with van der Waals surface area (Å²) in [6.45, 7) is 2.50. The quantitative estimate of drug-likeness (QED) is 0.648. The molecule has 0 aromatic heterocycles. The zero-order valence-corrected chi connectivity index (χ0v) is 8.86. The molecule has 0 radical (unpaired) electrons. The Balaban J connectivity index is 2.36. The zero-order valence-electron chi connectivity index (χ0n) is 8.86. The molecule has 3 nitrogen and oxygen atoms in total. The minimum Gasteiger partial charge on any atom is -0.452 e. The first-order valence-electron chi connectivity index (χ1n) is 4.84. The number of fused-ring (bicyclic) bond motifs is 1. The lowest BCUT2D eigenvalue weighted by molar-refractivity contribution is 0.133. The summed E-state index contributed by atoms with van der Waals surface area (Å²) in [6, 6.07) is 8.04. The number of benzene rings is 1. The van der Waals surface area contributed by atoms with Gasteiger partial charge in [-0.3, -0.25) is 4.90 Å². The fourth-order valence-corrected chi connectivity index (χ4v) is 1.74. The van der Waals surface area contributed by atoms with Crippen molar-refractivity contribution in [3.05, 3.63) is 41.1 Å². The van der Waals surface area contributed by atoms with Crippen molar-refractivity contribution >= 4 is 12.2 Å². The molecule has 0 fully saturated rings. The zero-order chi connectivity index (χ0) is 10.8. The number of allylic oxidation sites excluding steroid dienone is 1. The fourth-order valence-electron chi connectivity index (χ4n) is 1.74. The summed E-state index contributed by atoms with van der Waals surface area (Å²) in [5, 5.41) is 0. The maximum absolute atomic E-state index is 11.4. The van der Waals surface area contributed by atoms with Crippen molar-refractivity contribution in [2.45, 2.75) is 13.5 Å². The highest BCUT2D eigenvalue weighted by Gasteiger charge is 2.20. The molecule has 0 atom stereocenters. The molecule has 1 aromatic rings. The molecule has 1 aliphatic rings. The van der Waals surface area contributed by atoms with E-state index in [1.807, 2.05) is 37.3 Å². The number of rotatable bonds is 0. The van der Waals surface area contributed by atoms with E-state index in [-0.39, 0.29) is 6.09 Å². The molecule has 1 amide bonds. The molecule has 0 unspecified atom stereocenters. The molecule has 1 heterocycles. The van der Waals surface area contributed by atoms with Gasteiger partial charge in [-0.1, -0.05) is 24.3 Å². The van der Waals surface area contributed by atoms with Crippen LogP contribution in [0.3, 0.4) is 0 Å². The summed E-state index contributed by atoms with van der Waals surface area (Å²) in [7, 11) is 1.40. The molecule has 2 rings (SSSR count). The van der Waals surface area contributed by atoms with E-state index in [2.05, 4.69) is 0 Å². The first kappa shape index (κ1) is 9.77. The Labute approximate surface area is 89.0 Å². The van der Waals surface area contributed by atoms with E-state index in [4.69, 9.17) is 4.74 Å². The van der Waals surface area contributed by atoms with Crippen LogP contribution < -0.4 is 0 Å². The highest BCUT2D eigenvalue weighted by Crippen LogP contribution is 2.24. The van der Waals surface area contributed by atoms with E-state index in [1.165, 1.54) is 12.7 Å². The second-order valence-corrected chi connectivity index (χ2v) is 3.54. The summed E-state index contributed by atoms with van der Waals surface area (Å²) < 4.78 is 4.72. The average molecular weight is 203 g/mol. The maximum atomic E-state index is 11.4. The van der Waals surface area contributed by atoms with E-state index in [0.29, 0.717) is 6.54 Å². The van der Waals surface area contributed by atoms with Crippen LogP contribution in [0.25, 0.3) is 6.08 Å². The minimum atomic E-state index is -0.307. The largest absolute Gasteiger partial charge is 0.452 e. The fraction of sp³-hybridized carbons (Fsp3) is 0.250. The Morgan fingerprint density at radius 1 is 1.40 bits per heavy atom. The van der Waals surface area contributed by atoms with Gasteiger partial charge in [0.25, 0.3) is 0 Å². The number of nitrogens with zero attached hydrogens (tertiary/aromatic N) is 1. The van der Waals surface area contributed by atoms with E-state index in [1.54, 1.807) is 4.90 Å². The smallest absolute Gasteiger partial charge is 0.414 e. The summed E-state index contributed by atoms with van der Waals surface area (Å²) in [5.41, 5.74) is 3.24. The van der Waals surface area contributed by atoms with Crippen LogP contribution in [0, 0.1) is 0 Å². The van der Waals surface area contributed by atoms with Crippen molar-refractivity contribution in [2.75, 3.05) is 7.11 Å². The van der Waals surface area contributed by atoms with Crippen molar-refractivity contribution in [3.63, 3.8) is 0 Å². The molecule has 1 aromatic carbocycles. The summed E-state index contributed by atoms with van der Waals surface area (Å²) in [5.74, 6) is 0. The van der Waals surface area contributed by atoms with Gasteiger partial charge < -0.3 is 4.74 Å². The van der Waals surface area contributed by atoms with Crippen LogP contribution in [-0.4, -0.2) is 18.1 Å². The Kier molecular flexibility index (Phi) is 2.46. The van der Waals surface area contributed by atoms with Crippen LogP contribution in [0.5, 0.6) is 0 Å². The average Bonchev–Trinajstić information content (AvgIpc) is 2.27. The lowest BCUT2D eigenvalue weighted by atomic mass is 10.0. The molecule has 0 aliphatic carbocycles. The maximum Gasteiger partial charge on any atom is 0.414 e. The van der Waals surface area contributed by atoms with Gasteiger partial charge in [0.2, 0.25) is 0 Å². The van der Waals surface area contributed by atoms with Crippen LogP contribution >= 0.6 is 0 Å². The van der Waals surface area contributed by atoms with Crippen LogP contribution in [-0.2, 0) is 11.3 Å². The molecular formula is C12H13NO2. The van der Waals surface area contributed by atoms with E-state index < -0.39 is 0 Å². The van der Waals surface area contributed by atoms with Crippen molar-refractivity contribution in [2.24, 2.45) is 0 Å². The van der Waals surface area contributed by atoms with Gasteiger partial charge in [0.05, 0.1) is 13.7 Å². The Morgan fingerprint density at radius 3 is 2.87 bits per heavy atom. The highest BCUT2D eigenvalue weighted by atomic mass is 16.5. The molecule has 0 N–H and O–H groups in total. The number of methoxy groups -OCH3 is 1. The number of amides is 1. The van der Waals surface area contributed by atoms with Crippen LogP contribution in [0.2, 0.25) is 0 Å². The van der Waals surface area contributed by atoms with E-state index in [0.717, 1.165) is 11.3 Å². The van der Waals surface area contributed by atoms with Gasteiger partial charge in [0, 0.05) is 5.70 Å². The number of hydrogen-bond acceptors (Lipinski definition) is 2. The second kappa shape index (κ2) is 3.77. The van der Waals surface area contributed by atoms with Crippen molar-refractivity contribution in [1.29, 1.82) is 0 Å². The molecule has 1 aliphatic heterocycles. The van der Waals surface area contributed by atoms with Gasteiger partial charge in [-0.25, -0.2) is 4.79 Å². The SMILES string of the molecule is COC(=O)N1Cc2ccccc2C=C1C. The van der Waals surface area contributed by atoms with Gasteiger partial charge in [0.15, 0.2) is 0 Å². The summed E-state index contributed by atoms with van der Waals surface area (Å²) in [4.78, 5) is 13.1. The summed E-state index contributed by atoms with van der Waals surface area (Å²) in [6.07, 6.45) is 1.69. The third-order valence-electron chi connectivity index (χ3n) is 2.57. The number of carbonyl (C=O) groups is 1. The van der Waals surface area contributed by atoms with Crippen molar-refractivity contribution in [1.82, 2.24) is 4.90 Å². The summed E-state index contributed by atoms with van der Waals surface area (Å²) >= 11 is 0. The van der Waals surface area contributed by atoms with Gasteiger partial charge in [-0.05, 0) is 24.1 Å². The van der Waals surface area contributed by atoms with Crippen molar-refractivity contribution < 1.29 is 9.53 Å². The lowest BCUT2D eigenvalue weighted by Gasteiger charge is -2.26. The molecule has 15 heavy (non-hydrogen) atoms. The topological polar surface area (TPSA) is 29.5 Å². The molecular weight excluding hydrogens is 190 g/mol. The Bertz CT molecular complexity index is 423. The normalized spacial score (nSPS) is 14.3. The number of hydrogen-bond donors (Lipinski definition) is 0. The van der Waals surface area contributed by atoms with Gasteiger partial charge >= 0.3 is 6.09 Å². The predicted molar refractivity (Wildman–Crippen MR) is 58.0 cm³/mol. The second-order valence-electron chi connectivity index (χ2n) is 3.54. The van der Waals surface area contributed by atoms with E-state index >= 15 is 0 Å². The Morgan fingerprint density at radius 2 is 2.13 bits per heavy atom. The molecule has 0 saturated heterocycles. The molecule has 0 bridgehead atoms. The van der Waals surface area contributed by atoms with Crippen LogP contribution in [0.4, 0.5) is 4.79 Å². The highest BCUT2D eigenvalue weighted by molar-refractivity contribution is 5.74. The van der Waals surface area contributed by atoms with E-state index in [9.17, 15) is 4.79 Å². The molecule has 3 heteroatoms. The third kappa shape index (κ3) is 1.73. The number of ether oxygens (including phenoxy) is 1. The number of carbonyl (C=O) groups excluding carboxylic acids is 1. The van der Waals surface area contributed by atoms with Crippen LogP contribution in [0.1, 0.15) is 18.1 Å². The minimum absolute atomic E-state index is 0.307. The first-order valence-corrected chi connectivity index (χ1v) is 4.84. The monoisotopic (exact) mass is 203 g/mol. The van der Waals surface area contributed by atoms with Crippen molar-refractivity contribution in [3.8, 4) is 0 Å². The molecule has 0 spiro atoms.